The van der Waals surface area contributed by atoms with Crippen molar-refractivity contribution in [1.82, 2.24) is 15.2 Å². The van der Waals surface area contributed by atoms with Crippen LogP contribution in [0, 0.1) is 5.92 Å². The van der Waals surface area contributed by atoms with Gasteiger partial charge in [0, 0.05) is 30.8 Å². The molecule has 1 N–H and O–H groups in total. The van der Waals surface area contributed by atoms with Crippen LogP contribution in [0.5, 0.6) is 5.75 Å². The summed E-state index contributed by atoms with van der Waals surface area (Å²) in [5, 5.41) is 3.00. The van der Waals surface area contributed by atoms with E-state index in [1.54, 1.807) is 42.5 Å². The first kappa shape index (κ1) is 20.6. The smallest absolute Gasteiger partial charge is 0.254 e. The minimum atomic E-state index is -0.333. The molecule has 158 valence electrons. The number of rotatable bonds is 6. The number of methoxy groups -OCH3 is 1. The highest BCUT2D eigenvalue weighted by atomic mass is 16.5. The molecule has 1 fully saturated rings. The molecule has 2 heterocycles. The van der Waals surface area contributed by atoms with E-state index in [0.29, 0.717) is 30.9 Å². The summed E-state index contributed by atoms with van der Waals surface area (Å²) in [7, 11) is 1.58. The molecule has 31 heavy (non-hydrogen) atoms. The van der Waals surface area contributed by atoms with Gasteiger partial charge in [0.25, 0.3) is 5.91 Å². The van der Waals surface area contributed by atoms with E-state index in [4.69, 9.17) is 4.74 Å². The molecule has 2 unspecified atom stereocenters. The Labute approximate surface area is 181 Å². The van der Waals surface area contributed by atoms with Crippen molar-refractivity contribution < 1.29 is 14.3 Å². The number of nitrogens with one attached hydrogen (secondary N) is 1. The maximum Gasteiger partial charge on any atom is 0.254 e. The molecule has 0 saturated carbocycles. The molecule has 0 spiro atoms. The maximum atomic E-state index is 13.2. The first-order valence-corrected chi connectivity index (χ1v) is 10.3. The van der Waals surface area contributed by atoms with E-state index >= 15 is 0 Å². The van der Waals surface area contributed by atoms with Gasteiger partial charge >= 0.3 is 0 Å². The first-order chi connectivity index (χ1) is 15.2. The summed E-state index contributed by atoms with van der Waals surface area (Å²) in [5.74, 6) is 0.0646. The van der Waals surface area contributed by atoms with Crippen molar-refractivity contribution in [3.63, 3.8) is 0 Å². The van der Waals surface area contributed by atoms with Gasteiger partial charge in [-0.1, -0.05) is 42.5 Å². The molecule has 1 aromatic heterocycles. The molecule has 2 amide bonds. The minimum Gasteiger partial charge on any atom is -0.497 e. The van der Waals surface area contributed by atoms with E-state index in [9.17, 15) is 9.59 Å². The lowest BCUT2D eigenvalue weighted by Crippen LogP contribution is -2.35. The van der Waals surface area contributed by atoms with Crippen LogP contribution in [0.4, 0.5) is 0 Å². The van der Waals surface area contributed by atoms with Crippen molar-refractivity contribution in [2.24, 2.45) is 5.92 Å². The SMILES string of the molecule is COc1cccc(C(=O)N2CC(C(=O)NCc3ccccn3)C(c3ccccc3)C2)c1. The van der Waals surface area contributed by atoms with Gasteiger partial charge in [0.05, 0.1) is 25.3 Å². The number of aromatic nitrogens is 1. The molecule has 6 heteroatoms. The molecular formula is C25H25N3O3. The molecule has 6 nitrogen and oxygen atoms in total. The molecule has 3 aromatic rings. The van der Waals surface area contributed by atoms with Gasteiger partial charge in [-0.05, 0) is 35.9 Å². The van der Waals surface area contributed by atoms with Gasteiger partial charge < -0.3 is 15.0 Å². The Morgan fingerprint density at radius 2 is 1.84 bits per heavy atom. The lowest BCUT2D eigenvalue weighted by Gasteiger charge is -2.18. The lowest BCUT2D eigenvalue weighted by molar-refractivity contribution is -0.125. The average Bonchev–Trinajstić information content (AvgIpc) is 3.29. The molecule has 0 radical (unpaired) electrons. The van der Waals surface area contributed by atoms with E-state index in [1.165, 1.54) is 0 Å². The third-order valence-electron chi connectivity index (χ3n) is 5.66. The summed E-state index contributed by atoms with van der Waals surface area (Å²) < 4.78 is 5.25. The lowest BCUT2D eigenvalue weighted by atomic mass is 9.88. The number of benzene rings is 2. The Morgan fingerprint density at radius 1 is 1.03 bits per heavy atom. The van der Waals surface area contributed by atoms with Crippen LogP contribution < -0.4 is 10.1 Å². The largest absolute Gasteiger partial charge is 0.497 e. The summed E-state index contributed by atoms with van der Waals surface area (Å²) in [6, 6.07) is 22.6. The Balaban J connectivity index is 1.53. The summed E-state index contributed by atoms with van der Waals surface area (Å²) >= 11 is 0. The zero-order valence-corrected chi connectivity index (χ0v) is 17.4. The third-order valence-corrected chi connectivity index (χ3v) is 5.66. The van der Waals surface area contributed by atoms with Crippen molar-refractivity contribution in [3.05, 3.63) is 95.8 Å². The fraction of sp³-hybridized carbons (Fsp3) is 0.240. The third kappa shape index (κ3) is 4.74. The van der Waals surface area contributed by atoms with Gasteiger partial charge in [-0.15, -0.1) is 0 Å². The Hall–Kier alpha value is -3.67. The fourth-order valence-corrected chi connectivity index (χ4v) is 4.02. The fourth-order valence-electron chi connectivity index (χ4n) is 4.02. The monoisotopic (exact) mass is 415 g/mol. The number of nitrogens with zero attached hydrogens (tertiary/aromatic N) is 2. The normalized spacial score (nSPS) is 17.9. The molecular weight excluding hydrogens is 390 g/mol. The summed E-state index contributed by atoms with van der Waals surface area (Å²) in [6.45, 7) is 1.22. The standard InChI is InChI=1S/C25H25N3O3/c1-31-21-12-7-10-19(14-21)25(30)28-16-22(18-8-3-2-4-9-18)23(17-28)24(29)27-15-20-11-5-6-13-26-20/h2-14,22-23H,15-17H2,1H3,(H,27,29). The summed E-state index contributed by atoms with van der Waals surface area (Å²) in [6.07, 6.45) is 1.71. The molecule has 4 rings (SSSR count). The van der Waals surface area contributed by atoms with Crippen LogP contribution in [0.1, 0.15) is 27.5 Å². The highest BCUT2D eigenvalue weighted by molar-refractivity contribution is 5.95. The Bertz CT molecular complexity index is 1040. The van der Waals surface area contributed by atoms with Crippen molar-refractivity contribution in [1.29, 1.82) is 0 Å². The summed E-state index contributed by atoms with van der Waals surface area (Å²) in [5.41, 5.74) is 2.41. The zero-order valence-electron chi connectivity index (χ0n) is 17.4. The molecule has 1 aliphatic rings. The van der Waals surface area contributed by atoms with Crippen LogP contribution in [0.15, 0.2) is 79.0 Å². The Morgan fingerprint density at radius 3 is 2.58 bits per heavy atom. The van der Waals surface area contributed by atoms with Crippen LogP contribution in [-0.2, 0) is 11.3 Å². The number of ether oxygens (including phenoxy) is 1. The number of hydrogen-bond donors (Lipinski definition) is 1. The van der Waals surface area contributed by atoms with Crippen LogP contribution in [0.2, 0.25) is 0 Å². The van der Waals surface area contributed by atoms with Gasteiger partial charge in [-0.25, -0.2) is 0 Å². The van der Waals surface area contributed by atoms with Crippen LogP contribution in [-0.4, -0.2) is 41.9 Å². The zero-order chi connectivity index (χ0) is 21.6. The average molecular weight is 415 g/mol. The quantitative estimate of drug-likeness (QED) is 0.671. The second-order valence-corrected chi connectivity index (χ2v) is 7.60. The van der Waals surface area contributed by atoms with Gasteiger partial charge in [0.2, 0.25) is 5.91 Å². The van der Waals surface area contributed by atoms with Gasteiger partial charge in [0.1, 0.15) is 5.75 Å². The molecule has 2 atom stereocenters. The predicted molar refractivity (Wildman–Crippen MR) is 118 cm³/mol. The molecule has 1 saturated heterocycles. The van der Waals surface area contributed by atoms with E-state index in [0.717, 1.165) is 11.3 Å². The van der Waals surface area contributed by atoms with E-state index in [1.807, 2.05) is 48.5 Å². The van der Waals surface area contributed by atoms with Crippen molar-refractivity contribution >= 4 is 11.8 Å². The minimum absolute atomic E-state index is 0.0690. The molecule has 0 aliphatic carbocycles. The van der Waals surface area contributed by atoms with Crippen LogP contribution in [0.3, 0.4) is 0 Å². The number of carbonyl (C=O) groups excluding carboxylic acids is 2. The van der Waals surface area contributed by atoms with Gasteiger partial charge in [-0.2, -0.15) is 0 Å². The van der Waals surface area contributed by atoms with E-state index in [-0.39, 0.29) is 23.7 Å². The van der Waals surface area contributed by atoms with Crippen LogP contribution in [0.25, 0.3) is 0 Å². The van der Waals surface area contributed by atoms with Crippen molar-refractivity contribution in [2.45, 2.75) is 12.5 Å². The second-order valence-electron chi connectivity index (χ2n) is 7.60. The topological polar surface area (TPSA) is 71.5 Å². The van der Waals surface area contributed by atoms with Crippen molar-refractivity contribution in [2.75, 3.05) is 20.2 Å². The number of pyridine rings is 1. The first-order valence-electron chi connectivity index (χ1n) is 10.3. The van der Waals surface area contributed by atoms with Gasteiger partial charge in [-0.3, -0.25) is 14.6 Å². The van der Waals surface area contributed by atoms with Gasteiger partial charge in [0.15, 0.2) is 0 Å². The maximum absolute atomic E-state index is 13.2. The number of likely N-dealkylation sites (tertiary alicyclic amines) is 1. The predicted octanol–water partition coefficient (Wildman–Crippen LogP) is 3.26. The molecule has 1 aliphatic heterocycles. The second kappa shape index (κ2) is 9.43. The number of hydrogen-bond acceptors (Lipinski definition) is 4. The number of amides is 2. The number of carbonyl (C=O) groups is 2. The van der Waals surface area contributed by atoms with Crippen LogP contribution >= 0.6 is 0 Å². The van der Waals surface area contributed by atoms with E-state index in [2.05, 4.69) is 10.3 Å². The Kier molecular flexibility index (Phi) is 6.26. The van der Waals surface area contributed by atoms with E-state index < -0.39 is 0 Å². The van der Waals surface area contributed by atoms with Crippen molar-refractivity contribution in [3.8, 4) is 5.75 Å². The molecule has 2 aromatic carbocycles. The summed E-state index contributed by atoms with van der Waals surface area (Å²) in [4.78, 5) is 32.3. The highest BCUT2D eigenvalue weighted by Crippen LogP contribution is 2.34. The molecule has 0 bridgehead atoms. The highest BCUT2D eigenvalue weighted by Gasteiger charge is 2.40.